The highest BCUT2D eigenvalue weighted by Gasteiger charge is 2.12. The van der Waals surface area contributed by atoms with Gasteiger partial charge in [-0.15, -0.1) is 0 Å². The van der Waals surface area contributed by atoms with Gasteiger partial charge in [-0.05, 0) is 31.2 Å². The molecule has 0 aliphatic heterocycles. The first kappa shape index (κ1) is 18.4. The van der Waals surface area contributed by atoms with E-state index in [0.717, 1.165) is 27.8 Å². The topological polar surface area (TPSA) is 77.9 Å². The zero-order valence-electron chi connectivity index (χ0n) is 15.8. The molecule has 1 amide bonds. The van der Waals surface area contributed by atoms with Crippen molar-refractivity contribution in [1.29, 1.82) is 0 Å². The fourth-order valence-electron chi connectivity index (χ4n) is 3.05. The van der Waals surface area contributed by atoms with E-state index in [1.54, 1.807) is 24.0 Å². The van der Waals surface area contributed by atoms with Crippen molar-refractivity contribution in [3.05, 3.63) is 66.1 Å². The Labute approximate surface area is 166 Å². The van der Waals surface area contributed by atoms with Crippen molar-refractivity contribution in [2.75, 3.05) is 6.54 Å². The molecule has 8 heteroatoms. The molecule has 1 N–H and O–H groups in total. The lowest BCUT2D eigenvalue weighted by Crippen LogP contribution is -2.27. The SMILES string of the molecule is Cc1nc2ccccc2n1CCNC(=O)c1ccc(CSc2nccn2C)o1. The van der Waals surface area contributed by atoms with E-state index in [2.05, 4.69) is 19.9 Å². The van der Waals surface area contributed by atoms with Crippen molar-refractivity contribution in [3.63, 3.8) is 0 Å². The van der Waals surface area contributed by atoms with Crippen molar-refractivity contribution in [2.24, 2.45) is 7.05 Å². The van der Waals surface area contributed by atoms with Gasteiger partial charge in [-0.3, -0.25) is 4.79 Å². The summed E-state index contributed by atoms with van der Waals surface area (Å²) in [6.07, 6.45) is 3.66. The van der Waals surface area contributed by atoms with E-state index in [9.17, 15) is 4.79 Å². The molecule has 144 valence electrons. The summed E-state index contributed by atoms with van der Waals surface area (Å²) in [5.74, 6) is 2.41. The van der Waals surface area contributed by atoms with E-state index in [-0.39, 0.29) is 5.91 Å². The number of para-hydroxylation sites is 2. The number of furan rings is 1. The molecule has 0 radical (unpaired) electrons. The fourth-order valence-corrected chi connectivity index (χ4v) is 3.88. The molecule has 0 saturated carbocycles. The Hall–Kier alpha value is -3.00. The fraction of sp³-hybridized carbons (Fsp3) is 0.250. The standard InChI is InChI=1S/C20H21N5O2S/c1-14-23-16-5-3-4-6-17(16)25(14)12-10-21-19(26)18-8-7-15(27-18)13-28-20-22-9-11-24(20)2/h3-9,11H,10,12-13H2,1-2H3,(H,21,26). The maximum Gasteiger partial charge on any atom is 0.287 e. The number of thioether (sulfide) groups is 1. The number of benzene rings is 1. The van der Waals surface area contributed by atoms with E-state index in [4.69, 9.17) is 4.42 Å². The van der Waals surface area contributed by atoms with E-state index in [1.165, 1.54) is 0 Å². The smallest absolute Gasteiger partial charge is 0.287 e. The number of carbonyl (C=O) groups is 1. The van der Waals surface area contributed by atoms with Crippen LogP contribution < -0.4 is 5.32 Å². The second-order valence-corrected chi connectivity index (χ2v) is 7.37. The zero-order chi connectivity index (χ0) is 19.5. The Morgan fingerprint density at radius 3 is 2.93 bits per heavy atom. The maximum atomic E-state index is 12.4. The van der Waals surface area contributed by atoms with Gasteiger partial charge in [0.2, 0.25) is 0 Å². The molecule has 0 fully saturated rings. The van der Waals surface area contributed by atoms with Crippen molar-refractivity contribution >= 4 is 28.7 Å². The number of amides is 1. The summed E-state index contributed by atoms with van der Waals surface area (Å²) in [7, 11) is 1.95. The van der Waals surface area contributed by atoms with Gasteiger partial charge in [0.15, 0.2) is 10.9 Å². The van der Waals surface area contributed by atoms with Crippen molar-refractivity contribution in [3.8, 4) is 0 Å². The lowest BCUT2D eigenvalue weighted by atomic mass is 10.3. The van der Waals surface area contributed by atoms with Gasteiger partial charge in [0.25, 0.3) is 5.91 Å². The maximum absolute atomic E-state index is 12.4. The Morgan fingerprint density at radius 2 is 2.11 bits per heavy atom. The predicted octanol–water partition coefficient (Wildman–Crippen LogP) is 3.39. The highest BCUT2D eigenvalue weighted by Crippen LogP contribution is 2.22. The molecule has 0 spiro atoms. The van der Waals surface area contributed by atoms with Crippen LogP contribution in [0.25, 0.3) is 11.0 Å². The van der Waals surface area contributed by atoms with Crippen molar-refractivity contribution < 1.29 is 9.21 Å². The predicted molar refractivity (Wildman–Crippen MR) is 108 cm³/mol. The summed E-state index contributed by atoms with van der Waals surface area (Å²) in [6.45, 7) is 3.12. The van der Waals surface area contributed by atoms with E-state index in [1.807, 2.05) is 55.1 Å². The first-order valence-electron chi connectivity index (χ1n) is 9.01. The molecule has 0 atom stereocenters. The first-order valence-corrected chi connectivity index (χ1v) is 9.99. The quantitative estimate of drug-likeness (QED) is 0.485. The van der Waals surface area contributed by atoms with Gasteiger partial charge in [-0.25, -0.2) is 9.97 Å². The molecule has 0 aliphatic carbocycles. The molecule has 0 bridgehead atoms. The number of nitrogens with one attached hydrogen (secondary N) is 1. The van der Waals surface area contributed by atoms with Gasteiger partial charge in [-0.1, -0.05) is 23.9 Å². The third-order valence-corrected chi connectivity index (χ3v) is 5.55. The van der Waals surface area contributed by atoms with E-state index < -0.39 is 0 Å². The van der Waals surface area contributed by atoms with Crippen LogP contribution >= 0.6 is 11.8 Å². The minimum absolute atomic E-state index is 0.213. The Bertz CT molecular complexity index is 1110. The largest absolute Gasteiger partial charge is 0.455 e. The van der Waals surface area contributed by atoms with Gasteiger partial charge < -0.3 is 18.9 Å². The highest BCUT2D eigenvalue weighted by molar-refractivity contribution is 7.98. The van der Waals surface area contributed by atoms with Crippen molar-refractivity contribution in [1.82, 2.24) is 24.4 Å². The third kappa shape index (κ3) is 3.82. The van der Waals surface area contributed by atoms with Gasteiger partial charge in [0.05, 0.1) is 16.8 Å². The Balaban J connectivity index is 1.32. The Morgan fingerprint density at radius 1 is 1.25 bits per heavy atom. The number of carbonyl (C=O) groups excluding carboxylic acids is 1. The number of fused-ring (bicyclic) bond motifs is 1. The van der Waals surface area contributed by atoms with Crippen LogP contribution in [0, 0.1) is 6.92 Å². The van der Waals surface area contributed by atoms with Gasteiger partial charge in [0, 0.05) is 32.5 Å². The summed E-state index contributed by atoms with van der Waals surface area (Å²) in [5.41, 5.74) is 2.04. The van der Waals surface area contributed by atoms with E-state index >= 15 is 0 Å². The van der Waals surface area contributed by atoms with Crippen LogP contribution in [-0.2, 0) is 19.3 Å². The second kappa shape index (κ2) is 7.93. The highest BCUT2D eigenvalue weighted by atomic mass is 32.2. The second-order valence-electron chi connectivity index (χ2n) is 6.43. The molecule has 3 heterocycles. The van der Waals surface area contributed by atoms with Crippen LogP contribution in [0.1, 0.15) is 22.1 Å². The molecule has 0 aliphatic rings. The van der Waals surface area contributed by atoms with Gasteiger partial charge >= 0.3 is 0 Å². The number of aryl methyl sites for hydroxylation is 2. The third-order valence-electron chi connectivity index (χ3n) is 4.47. The molecule has 7 nitrogen and oxygen atoms in total. The zero-order valence-corrected chi connectivity index (χ0v) is 16.6. The summed E-state index contributed by atoms with van der Waals surface area (Å²) in [4.78, 5) is 21.2. The van der Waals surface area contributed by atoms with Crippen molar-refractivity contribution in [2.45, 2.75) is 24.4 Å². The Kier molecular flexibility index (Phi) is 5.21. The molecule has 0 saturated heterocycles. The van der Waals surface area contributed by atoms with Crippen LogP contribution in [0.2, 0.25) is 0 Å². The molecule has 28 heavy (non-hydrogen) atoms. The average molecular weight is 395 g/mol. The number of rotatable bonds is 7. The lowest BCUT2D eigenvalue weighted by molar-refractivity contribution is 0.0923. The summed E-state index contributed by atoms with van der Waals surface area (Å²) in [6, 6.07) is 11.5. The first-order chi connectivity index (χ1) is 13.6. The summed E-state index contributed by atoms with van der Waals surface area (Å²) < 4.78 is 9.73. The summed E-state index contributed by atoms with van der Waals surface area (Å²) in [5, 5.41) is 3.82. The van der Waals surface area contributed by atoms with E-state index in [0.29, 0.717) is 24.6 Å². The van der Waals surface area contributed by atoms with Crippen LogP contribution in [-0.4, -0.2) is 31.6 Å². The van der Waals surface area contributed by atoms with Crippen LogP contribution in [0.4, 0.5) is 0 Å². The monoisotopic (exact) mass is 395 g/mol. The molecule has 4 rings (SSSR count). The number of imidazole rings is 2. The number of aromatic nitrogens is 4. The van der Waals surface area contributed by atoms with Crippen LogP contribution in [0.5, 0.6) is 0 Å². The molecular weight excluding hydrogens is 374 g/mol. The van der Waals surface area contributed by atoms with Gasteiger partial charge in [-0.2, -0.15) is 0 Å². The van der Waals surface area contributed by atoms with Crippen LogP contribution in [0.15, 0.2) is 58.4 Å². The minimum Gasteiger partial charge on any atom is -0.455 e. The summed E-state index contributed by atoms with van der Waals surface area (Å²) >= 11 is 1.57. The lowest BCUT2D eigenvalue weighted by Gasteiger charge is -2.07. The normalized spacial score (nSPS) is 11.2. The number of hydrogen-bond donors (Lipinski definition) is 1. The molecular formula is C20H21N5O2S. The molecule has 4 aromatic rings. The molecule has 3 aromatic heterocycles. The van der Waals surface area contributed by atoms with Crippen LogP contribution in [0.3, 0.4) is 0 Å². The number of nitrogens with zero attached hydrogens (tertiary/aromatic N) is 4. The average Bonchev–Trinajstić information content (AvgIpc) is 3.39. The minimum atomic E-state index is -0.213. The molecule has 0 unspecified atom stereocenters. The van der Waals surface area contributed by atoms with Gasteiger partial charge in [0.1, 0.15) is 11.6 Å². The molecule has 1 aromatic carbocycles. The number of hydrogen-bond acceptors (Lipinski definition) is 5.